The molecule has 0 saturated carbocycles. The molecule has 0 radical (unpaired) electrons. The molecule has 0 aliphatic rings. The van der Waals surface area contributed by atoms with Gasteiger partial charge in [-0.3, -0.25) is 9.59 Å². The van der Waals surface area contributed by atoms with Gasteiger partial charge in [0.25, 0.3) is 5.56 Å². The van der Waals surface area contributed by atoms with Gasteiger partial charge in [-0.1, -0.05) is 18.2 Å². The van der Waals surface area contributed by atoms with E-state index in [1.54, 1.807) is 12.1 Å². The molecule has 0 spiro atoms. The third-order valence-electron chi connectivity index (χ3n) is 3.51. The molecule has 0 aliphatic heterocycles. The van der Waals surface area contributed by atoms with E-state index >= 15 is 0 Å². The van der Waals surface area contributed by atoms with Crippen LogP contribution in [0.15, 0.2) is 53.3 Å². The van der Waals surface area contributed by atoms with Crippen molar-refractivity contribution in [2.75, 3.05) is 5.32 Å². The number of fused-ring (bicyclic) bond motifs is 1. The van der Waals surface area contributed by atoms with E-state index in [-0.39, 0.29) is 22.2 Å². The molecule has 1 heterocycles. The highest BCUT2D eigenvalue weighted by Crippen LogP contribution is 2.15. The highest BCUT2D eigenvalue weighted by molar-refractivity contribution is 6.01. The molecule has 0 saturated heterocycles. The molecule has 0 fully saturated rings. The lowest BCUT2D eigenvalue weighted by atomic mass is 10.1. The number of benzene rings is 2. The lowest BCUT2D eigenvalue weighted by Gasteiger charge is -2.09. The van der Waals surface area contributed by atoms with E-state index in [4.69, 9.17) is 0 Å². The van der Waals surface area contributed by atoms with Crippen molar-refractivity contribution >= 4 is 28.3 Å². The number of nitrogens with one attached hydrogen (secondary N) is 1. The molecule has 8 nitrogen and oxygen atoms in total. The Morgan fingerprint density at radius 1 is 1.04 bits per heavy atom. The van der Waals surface area contributed by atoms with Crippen molar-refractivity contribution < 1.29 is 19.8 Å². The van der Waals surface area contributed by atoms with E-state index in [0.29, 0.717) is 5.69 Å². The van der Waals surface area contributed by atoms with Crippen molar-refractivity contribution in [2.45, 2.75) is 6.54 Å². The van der Waals surface area contributed by atoms with Crippen molar-refractivity contribution in [1.82, 2.24) is 9.78 Å². The summed E-state index contributed by atoms with van der Waals surface area (Å²) >= 11 is 0. The molecule has 2 aromatic carbocycles. The van der Waals surface area contributed by atoms with Gasteiger partial charge in [-0.25, -0.2) is 9.48 Å². The summed E-state index contributed by atoms with van der Waals surface area (Å²) in [5.74, 6) is -1.78. The van der Waals surface area contributed by atoms with Crippen LogP contribution in [0.1, 0.15) is 10.5 Å². The number of rotatable bonds is 4. The molecule has 0 bridgehead atoms. The van der Waals surface area contributed by atoms with Crippen molar-refractivity contribution in [1.29, 1.82) is 0 Å². The van der Waals surface area contributed by atoms with Crippen LogP contribution in [0.5, 0.6) is 5.75 Å². The third-order valence-corrected chi connectivity index (χ3v) is 3.51. The highest BCUT2D eigenvalue weighted by Gasteiger charge is 2.17. The van der Waals surface area contributed by atoms with Crippen LogP contribution in [0.2, 0.25) is 0 Å². The lowest BCUT2D eigenvalue weighted by molar-refractivity contribution is -0.117. The maximum absolute atomic E-state index is 12.4. The minimum atomic E-state index is -1.29. The van der Waals surface area contributed by atoms with Crippen LogP contribution >= 0.6 is 0 Å². The highest BCUT2D eigenvalue weighted by atomic mass is 16.4. The zero-order valence-electron chi connectivity index (χ0n) is 12.8. The van der Waals surface area contributed by atoms with Gasteiger partial charge in [0, 0.05) is 11.1 Å². The molecular formula is C17H13N3O5. The second kappa shape index (κ2) is 6.44. The zero-order valence-corrected chi connectivity index (χ0v) is 12.8. The van der Waals surface area contributed by atoms with Gasteiger partial charge in [-0.15, -0.1) is 0 Å². The molecule has 1 amide bonds. The Balaban J connectivity index is 1.94. The van der Waals surface area contributed by atoms with Crippen molar-refractivity contribution in [3.05, 3.63) is 64.6 Å². The number of amides is 1. The average molecular weight is 339 g/mol. The number of carbonyl (C=O) groups excluding carboxylic acids is 1. The second-order valence-electron chi connectivity index (χ2n) is 5.26. The normalized spacial score (nSPS) is 10.6. The van der Waals surface area contributed by atoms with Gasteiger partial charge >= 0.3 is 5.97 Å². The topological polar surface area (TPSA) is 122 Å². The number of carboxylic acid groups (broad SMARTS) is 1. The fraction of sp³-hybridized carbons (Fsp3) is 0.0588. The van der Waals surface area contributed by atoms with E-state index in [9.17, 15) is 24.6 Å². The number of carbonyl (C=O) groups is 2. The summed E-state index contributed by atoms with van der Waals surface area (Å²) < 4.78 is 0.821. The standard InChI is InChI=1S/C17H13N3O5/c21-11-7-5-10(6-8-11)18-14(22)9-20-16(23)13-4-2-1-3-12(13)15(19-20)17(24)25/h1-8,21H,9H2,(H,18,22)(H,24,25). The fourth-order valence-corrected chi connectivity index (χ4v) is 2.38. The van der Waals surface area contributed by atoms with Gasteiger partial charge < -0.3 is 15.5 Å². The van der Waals surface area contributed by atoms with Crippen molar-refractivity contribution in [3.63, 3.8) is 0 Å². The molecule has 3 N–H and O–H groups in total. The molecule has 3 aromatic rings. The molecule has 0 unspecified atom stereocenters. The van der Waals surface area contributed by atoms with E-state index in [2.05, 4.69) is 10.4 Å². The minimum Gasteiger partial charge on any atom is -0.508 e. The zero-order chi connectivity index (χ0) is 18.0. The quantitative estimate of drug-likeness (QED) is 0.618. The van der Waals surface area contributed by atoms with Crippen LogP contribution in [0, 0.1) is 0 Å². The number of hydrogen-bond donors (Lipinski definition) is 3. The van der Waals surface area contributed by atoms with Crippen LogP contribution in [-0.2, 0) is 11.3 Å². The number of aromatic nitrogens is 2. The maximum atomic E-state index is 12.4. The molecule has 0 aliphatic carbocycles. The Kier molecular flexibility index (Phi) is 4.17. The number of anilines is 1. The first-order valence-corrected chi connectivity index (χ1v) is 7.28. The summed E-state index contributed by atoms with van der Waals surface area (Å²) in [5.41, 5.74) is -0.427. The summed E-state index contributed by atoms with van der Waals surface area (Å²) in [6.07, 6.45) is 0. The molecule has 3 rings (SSSR count). The van der Waals surface area contributed by atoms with Crippen LogP contribution in [0.4, 0.5) is 5.69 Å². The van der Waals surface area contributed by atoms with Crippen LogP contribution in [-0.4, -0.2) is 31.9 Å². The molecular weight excluding hydrogens is 326 g/mol. The monoisotopic (exact) mass is 339 g/mol. The number of carboxylic acids is 1. The summed E-state index contributed by atoms with van der Waals surface area (Å²) in [4.78, 5) is 35.9. The Labute approximate surface area is 141 Å². The van der Waals surface area contributed by atoms with Gasteiger partial charge in [0.1, 0.15) is 12.3 Å². The van der Waals surface area contributed by atoms with E-state index in [0.717, 1.165) is 4.68 Å². The van der Waals surface area contributed by atoms with Crippen LogP contribution < -0.4 is 10.9 Å². The smallest absolute Gasteiger partial charge is 0.357 e. The summed E-state index contributed by atoms with van der Waals surface area (Å²) in [7, 11) is 0. The van der Waals surface area contributed by atoms with Gasteiger partial charge in [0.2, 0.25) is 5.91 Å². The number of phenols is 1. The Morgan fingerprint density at radius 2 is 1.68 bits per heavy atom. The molecule has 8 heteroatoms. The molecule has 25 heavy (non-hydrogen) atoms. The molecule has 126 valence electrons. The maximum Gasteiger partial charge on any atom is 0.357 e. The number of aromatic hydroxyl groups is 1. The van der Waals surface area contributed by atoms with Crippen LogP contribution in [0.3, 0.4) is 0 Å². The minimum absolute atomic E-state index is 0.0523. The predicted molar refractivity (Wildman–Crippen MR) is 89.7 cm³/mol. The molecule has 1 aromatic heterocycles. The van der Waals surface area contributed by atoms with E-state index < -0.39 is 24.0 Å². The summed E-state index contributed by atoms with van der Waals surface area (Å²) in [5, 5.41) is 25.2. The number of aromatic carboxylic acids is 1. The first-order chi connectivity index (χ1) is 12.0. The number of phenolic OH excluding ortho intramolecular Hbond substituents is 1. The SMILES string of the molecule is O=C(Cn1nc(C(=O)O)c2ccccc2c1=O)Nc1ccc(O)cc1. The predicted octanol–water partition coefficient (Wildman–Crippen LogP) is 1.44. The lowest BCUT2D eigenvalue weighted by Crippen LogP contribution is -2.31. The van der Waals surface area contributed by atoms with Crippen molar-refractivity contribution in [3.8, 4) is 5.75 Å². The fourth-order valence-electron chi connectivity index (χ4n) is 2.38. The largest absolute Gasteiger partial charge is 0.508 e. The summed E-state index contributed by atoms with van der Waals surface area (Å²) in [6.45, 7) is -0.440. The van der Waals surface area contributed by atoms with Gasteiger partial charge in [0.05, 0.1) is 5.39 Å². The average Bonchev–Trinajstić information content (AvgIpc) is 2.59. The van der Waals surface area contributed by atoms with Gasteiger partial charge in [0.15, 0.2) is 5.69 Å². The van der Waals surface area contributed by atoms with Crippen molar-refractivity contribution in [2.24, 2.45) is 0 Å². The first-order valence-electron chi connectivity index (χ1n) is 7.28. The Morgan fingerprint density at radius 3 is 2.32 bits per heavy atom. The van der Waals surface area contributed by atoms with Gasteiger partial charge in [-0.05, 0) is 30.3 Å². The third kappa shape index (κ3) is 3.32. The second-order valence-corrected chi connectivity index (χ2v) is 5.26. The number of nitrogens with zero attached hydrogens (tertiary/aromatic N) is 2. The Bertz CT molecular complexity index is 1020. The van der Waals surface area contributed by atoms with Crippen LogP contribution in [0.25, 0.3) is 10.8 Å². The number of hydrogen-bond acceptors (Lipinski definition) is 5. The summed E-state index contributed by atoms with van der Waals surface area (Å²) in [6, 6.07) is 12.0. The van der Waals surface area contributed by atoms with E-state index in [1.807, 2.05) is 0 Å². The Hall–Kier alpha value is -3.68. The van der Waals surface area contributed by atoms with Gasteiger partial charge in [-0.2, -0.15) is 5.10 Å². The molecule has 0 atom stereocenters. The van der Waals surface area contributed by atoms with E-state index in [1.165, 1.54) is 36.4 Å². The first kappa shape index (κ1) is 16.2.